The molecular weight excluding hydrogens is 524 g/mol. The lowest BCUT2D eigenvalue weighted by Crippen LogP contribution is -2.44. The first-order valence-electron chi connectivity index (χ1n) is 14.1. The fourth-order valence-electron chi connectivity index (χ4n) is 5.09. The Morgan fingerprint density at radius 3 is 2.50 bits per heavy atom. The molecule has 0 saturated heterocycles. The second-order valence-electron chi connectivity index (χ2n) is 11.6. The quantitative estimate of drug-likeness (QED) is 0.294. The lowest BCUT2D eigenvalue weighted by atomic mass is 10.0. The minimum atomic E-state index is -0.687. The number of benzene rings is 2. The van der Waals surface area contributed by atoms with Crippen molar-refractivity contribution in [2.75, 3.05) is 18.9 Å². The van der Waals surface area contributed by atoms with Crippen molar-refractivity contribution in [3.8, 4) is 23.1 Å². The summed E-state index contributed by atoms with van der Waals surface area (Å²) in [6, 6.07) is 20.6. The van der Waals surface area contributed by atoms with Crippen LogP contribution >= 0.6 is 0 Å². The molecule has 42 heavy (non-hydrogen) atoms. The number of ether oxygens (including phenoxy) is 1. The SMILES string of the molecule is CNc1cc(-c2cc3c(n2C)CCN(C(=O)OC(C)(C)C)C3=O)c(C#Cc2cccc(Cc3ccc(C)cc3)c2)cn1. The Kier molecular flexibility index (Phi) is 7.91. The van der Waals surface area contributed by atoms with Gasteiger partial charge >= 0.3 is 6.09 Å². The summed E-state index contributed by atoms with van der Waals surface area (Å²) in [5.41, 5.74) is 7.72. The van der Waals surface area contributed by atoms with Crippen molar-refractivity contribution in [1.29, 1.82) is 0 Å². The van der Waals surface area contributed by atoms with Crippen molar-refractivity contribution in [3.63, 3.8) is 0 Å². The third-order valence-corrected chi connectivity index (χ3v) is 7.25. The third kappa shape index (κ3) is 6.23. The Balaban J connectivity index is 1.47. The van der Waals surface area contributed by atoms with E-state index in [1.165, 1.54) is 21.6 Å². The molecule has 0 saturated carbocycles. The summed E-state index contributed by atoms with van der Waals surface area (Å²) in [5, 5.41) is 3.10. The van der Waals surface area contributed by atoms with E-state index in [1.54, 1.807) is 27.0 Å². The van der Waals surface area contributed by atoms with Crippen LogP contribution in [0.5, 0.6) is 0 Å². The van der Waals surface area contributed by atoms with E-state index in [2.05, 4.69) is 65.5 Å². The van der Waals surface area contributed by atoms with E-state index in [1.807, 2.05) is 42.9 Å². The molecule has 2 aromatic heterocycles. The first kappa shape index (κ1) is 28.7. The van der Waals surface area contributed by atoms with Crippen LogP contribution in [0.2, 0.25) is 0 Å². The van der Waals surface area contributed by atoms with Gasteiger partial charge in [0.15, 0.2) is 0 Å². The average Bonchev–Trinajstić information content (AvgIpc) is 3.29. The number of carbonyl (C=O) groups excluding carboxylic acids is 2. The summed E-state index contributed by atoms with van der Waals surface area (Å²) in [5.74, 6) is 6.99. The Hall–Kier alpha value is -4.83. The van der Waals surface area contributed by atoms with E-state index in [4.69, 9.17) is 4.74 Å². The van der Waals surface area contributed by atoms with Gasteiger partial charge in [0.05, 0.1) is 16.8 Å². The molecule has 0 radical (unpaired) electrons. The summed E-state index contributed by atoms with van der Waals surface area (Å²) in [7, 11) is 3.76. The van der Waals surface area contributed by atoms with Gasteiger partial charge in [0, 0.05) is 50.1 Å². The predicted molar refractivity (Wildman–Crippen MR) is 166 cm³/mol. The van der Waals surface area contributed by atoms with Crippen LogP contribution in [0.25, 0.3) is 11.3 Å². The molecule has 0 aliphatic carbocycles. The van der Waals surface area contributed by atoms with E-state index < -0.39 is 11.7 Å². The predicted octanol–water partition coefficient (Wildman–Crippen LogP) is 6.36. The molecule has 0 atom stereocenters. The van der Waals surface area contributed by atoms with E-state index >= 15 is 0 Å². The molecule has 1 aliphatic rings. The Morgan fingerprint density at radius 1 is 1.02 bits per heavy atom. The highest BCUT2D eigenvalue weighted by molar-refractivity contribution is 6.05. The van der Waals surface area contributed by atoms with Gasteiger partial charge in [-0.1, -0.05) is 53.8 Å². The van der Waals surface area contributed by atoms with Crippen LogP contribution in [0.1, 0.15) is 64.6 Å². The van der Waals surface area contributed by atoms with Crippen molar-refractivity contribution in [3.05, 3.63) is 106 Å². The van der Waals surface area contributed by atoms with Gasteiger partial charge in [-0.15, -0.1) is 0 Å². The number of hydrogen-bond acceptors (Lipinski definition) is 5. The van der Waals surface area contributed by atoms with Crippen molar-refractivity contribution < 1.29 is 14.3 Å². The van der Waals surface area contributed by atoms with Crippen LogP contribution in [0, 0.1) is 18.8 Å². The third-order valence-electron chi connectivity index (χ3n) is 7.25. The molecule has 4 aromatic rings. The maximum Gasteiger partial charge on any atom is 0.417 e. The highest BCUT2D eigenvalue weighted by Gasteiger charge is 2.35. The summed E-state index contributed by atoms with van der Waals surface area (Å²) in [6.45, 7) is 7.72. The van der Waals surface area contributed by atoms with Crippen LogP contribution < -0.4 is 5.32 Å². The average molecular weight is 561 g/mol. The number of imide groups is 1. The van der Waals surface area contributed by atoms with Gasteiger partial charge in [0.25, 0.3) is 5.91 Å². The largest absolute Gasteiger partial charge is 0.443 e. The first-order valence-corrected chi connectivity index (χ1v) is 14.1. The zero-order valence-electron chi connectivity index (χ0n) is 25.0. The highest BCUT2D eigenvalue weighted by atomic mass is 16.6. The molecule has 1 N–H and O–H groups in total. The number of amides is 2. The number of nitrogens with one attached hydrogen (secondary N) is 1. The molecule has 0 spiro atoms. The maximum atomic E-state index is 13.4. The second-order valence-corrected chi connectivity index (χ2v) is 11.6. The molecule has 0 unspecified atom stereocenters. The van der Waals surface area contributed by atoms with Crippen LogP contribution in [0.3, 0.4) is 0 Å². The highest BCUT2D eigenvalue weighted by Crippen LogP contribution is 2.32. The second kappa shape index (κ2) is 11.6. The Morgan fingerprint density at radius 2 is 1.79 bits per heavy atom. The minimum absolute atomic E-state index is 0.266. The summed E-state index contributed by atoms with van der Waals surface area (Å²) >= 11 is 0. The molecule has 0 fully saturated rings. The number of fused-ring (bicyclic) bond motifs is 1. The molecule has 1 aliphatic heterocycles. The number of carbonyl (C=O) groups is 2. The van der Waals surface area contributed by atoms with Crippen LogP contribution in [0.4, 0.5) is 10.6 Å². The van der Waals surface area contributed by atoms with Gasteiger partial charge in [0.2, 0.25) is 0 Å². The van der Waals surface area contributed by atoms with Gasteiger partial charge < -0.3 is 14.6 Å². The first-order chi connectivity index (χ1) is 20.0. The molecule has 5 rings (SSSR count). The zero-order valence-corrected chi connectivity index (χ0v) is 25.0. The van der Waals surface area contributed by atoms with Crippen molar-refractivity contribution in [2.45, 2.75) is 46.1 Å². The number of hydrogen-bond donors (Lipinski definition) is 1. The van der Waals surface area contributed by atoms with Crippen molar-refractivity contribution >= 4 is 17.8 Å². The zero-order chi connectivity index (χ0) is 30.0. The maximum absolute atomic E-state index is 13.4. The normalized spacial score (nSPS) is 12.8. The number of aryl methyl sites for hydroxylation is 1. The molecule has 3 heterocycles. The number of pyridine rings is 1. The topological polar surface area (TPSA) is 76.5 Å². The van der Waals surface area contributed by atoms with Gasteiger partial charge in [-0.25, -0.2) is 14.7 Å². The van der Waals surface area contributed by atoms with Gasteiger partial charge in [-0.05, 0) is 69.5 Å². The van der Waals surface area contributed by atoms with E-state index in [9.17, 15) is 9.59 Å². The number of aromatic nitrogens is 2. The Labute approximate surface area is 247 Å². The molecule has 214 valence electrons. The van der Waals surface area contributed by atoms with Crippen LogP contribution in [-0.4, -0.2) is 45.6 Å². The fraction of sp³-hybridized carbons (Fsp3) is 0.286. The summed E-state index contributed by atoms with van der Waals surface area (Å²) in [4.78, 5) is 31.8. The van der Waals surface area contributed by atoms with Gasteiger partial charge in [-0.2, -0.15) is 0 Å². The molecule has 7 nitrogen and oxygen atoms in total. The lowest BCUT2D eigenvalue weighted by molar-refractivity contribution is 0.0232. The van der Waals surface area contributed by atoms with Crippen LogP contribution in [-0.2, 0) is 24.6 Å². The van der Waals surface area contributed by atoms with Crippen molar-refractivity contribution in [2.24, 2.45) is 7.05 Å². The van der Waals surface area contributed by atoms with E-state index in [0.717, 1.165) is 34.5 Å². The summed E-state index contributed by atoms with van der Waals surface area (Å²) in [6.07, 6.45) is 2.50. The molecule has 2 amide bonds. The minimum Gasteiger partial charge on any atom is -0.443 e. The van der Waals surface area contributed by atoms with Gasteiger partial charge in [-0.3, -0.25) is 4.79 Å². The van der Waals surface area contributed by atoms with Crippen molar-refractivity contribution in [1.82, 2.24) is 14.5 Å². The Bertz CT molecular complexity index is 1720. The lowest BCUT2D eigenvalue weighted by Gasteiger charge is -2.28. The number of anilines is 1. The van der Waals surface area contributed by atoms with Crippen LogP contribution in [0.15, 0.2) is 66.9 Å². The standard InChI is InChI=1S/C35H36N4O3/c1-23-10-12-25(13-11-23)19-26-9-7-8-24(18-26)14-15-27-22-37-32(36-5)21-28(27)31-20-29-30(38(31)6)16-17-39(33(29)40)34(41)42-35(2,3)4/h7-13,18,20-22H,16-17,19H2,1-6H3,(H,36,37). The van der Waals surface area contributed by atoms with E-state index in [-0.39, 0.29) is 12.5 Å². The number of rotatable bonds is 4. The number of nitrogens with zero attached hydrogens (tertiary/aromatic N) is 3. The fourth-order valence-corrected chi connectivity index (χ4v) is 5.09. The molecule has 2 aromatic carbocycles. The van der Waals surface area contributed by atoms with Gasteiger partial charge in [0.1, 0.15) is 11.4 Å². The molecule has 0 bridgehead atoms. The smallest absolute Gasteiger partial charge is 0.417 e. The van der Waals surface area contributed by atoms with E-state index in [0.29, 0.717) is 17.8 Å². The monoisotopic (exact) mass is 560 g/mol. The summed E-state index contributed by atoms with van der Waals surface area (Å²) < 4.78 is 7.49. The molecule has 7 heteroatoms. The molecular formula is C35H36N4O3.